The second-order valence-corrected chi connectivity index (χ2v) is 12.1. The number of likely N-dealkylation sites (tertiary alicyclic amines) is 1. The number of cyclic esters (lactones) is 1. The minimum Gasteiger partial charge on any atom is -0.460 e. The maximum atomic E-state index is 14.4. The minimum atomic E-state index is -1.38. The zero-order valence-electron chi connectivity index (χ0n) is 22.6. The van der Waals surface area contributed by atoms with E-state index in [1.165, 1.54) is 4.90 Å². The smallest absolute Gasteiger partial charge is 0.313 e. The van der Waals surface area contributed by atoms with Gasteiger partial charge in [0.15, 0.2) is 0 Å². The summed E-state index contributed by atoms with van der Waals surface area (Å²) < 4.78 is 12.7. The Balaban J connectivity index is 1.84. The summed E-state index contributed by atoms with van der Waals surface area (Å²) in [6, 6.07) is -1.92. The third-order valence-corrected chi connectivity index (χ3v) is 8.68. The molecule has 0 aromatic heterocycles. The van der Waals surface area contributed by atoms with Crippen LogP contribution >= 0.6 is 15.9 Å². The van der Waals surface area contributed by atoms with Gasteiger partial charge in [0.05, 0.1) is 25.1 Å². The van der Waals surface area contributed by atoms with Gasteiger partial charge in [0.2, 0.25) is 17.7 Å². The van der Waals surface area contributed by atoms with Crippen molar-refractivity contribution in [1.82, 2.24) is 15.1 Å². The summed E-state index contributed by atoms with van der Waals surface area (Å²) in [7, 11) is 0. The highest BCUT2D eigenvalue weighted by molar-refractivity contribution is 9.11. The van der Waals surface area contributed by atoms with Crippen molar-refractivity contribution in [2.75, 3.05) is 19.7 Å². The van der Waals surface area contributed by atoms with Crippen LogP contribution in [0.15, 0.2) is 22.7 Å². The van der Waals surface area contributed by atoms with Crippen LogP contribution < -0.4 is 5.32 Å². The number of fused-ring (bicyclic) bond motifs is 2. The predicted molar refractivity (Wildman–Crippen MR) is 142 cm³/mol. The van der Waals surface area contributed by atoms with Gasteiger partial charge < -0.3 is 29.7 Å². The number of ether oxygens (including phenoxy) is 2. The molecule has 4 aliphatic heterocycles. The first kappa shape index (κ1) is 28.8. The molecule has 0 saturated carbocycles. The maximum Gasteiger partial charge on any atom is 0.313 e. The normalized spacial score (nSPS) is 35.9. The molecule has 0 aromatic carbocycles. The van der Waals surface area contributed by atoms with Crippen LogP contribution in [0.25, 0.3) is 0 Å². The summed E-state index contributed by atoms with van der Waals surface area (Å²) in [6.07, 6.45) is 4.83. The Hall–Kier alpha value is -2.24. The van der Waals surface area contributed by atoms with Crippen LogP contribution in [0.5, 0.6) is 0 Å². The SMILES string of the molecule is CC(C)[C@H](CO)N1C(=O)[C@H]2[C@@H]3C(=O)O[C@H](C)CNC(=O)CC/C=C\CN(C(C)C)C(=O)[C@H]1[C@@]21C=C(Br)[C@@H]3O1. The van der Waals surface area contributed by atoms with Crippen molar-refractivity contribution in [3.05, 3.63) is 22.7 Å². The Kier molecular flexibility index (Phi) is 8.40. The van der Waals surface area contributed by atoms with Crippen LogP contribution in [0, 0.1) is 17.8 Å². The number of amides is 3. The second kappa shape index (κ2) is 11.1. The highest BCUT2D eigenvalue weighted by Gasteiger charge is 2.75. The van der Waals surface area contributed by atoms with Crippen molar-refractivity contribution in [3.63, 3.8) is 0 Å². The molecule has 2 N–H and O–H groups in total. The Morgan fingerprint density at radius 1 is 1.16 bits per heavy atom. The van der Waals surface area contributed by atoms with Crippen LogP contribution in [0.3, 0.4) is 0 Å². The average Bonchev–Trinajstić information content (AvgIpc) is 3.43. The molecular formula is C27H38BrN3O7. The summed E-state index contributed by atoms with van der Waals surface area (Å²) in [6.45, 7) is 9.31. The van der Waals surface area contributed by atoms with E-state index in [2.05, 4.69) is 21.2 Å². The van der Waals surface area contributed by atoms with Crippen LogP contribution in [-0.4, -0.2) is 94.2 Å². The minimum absolute atomic E-state index is 0.140. The molecular weight excluding hydrogens is 558 g/mol. The van der Waals surface area contributed by atoms with Gasteiger partial charge in [-0.15, -0.1) is 0 Å². The molecule has 7 atom stereocenters. The average molecular weight is 597 g/mol. The fourth-order valence-corrected chi connectivity index (χ4v) is 6.82. The molecule has 10 nitrogen and oxygen atoms in total. The van der Waals surface area contributed by atoms with Gasteiger partial charge in [-0.25, -0.2) is 0 Å². The lowest BCUT2D eigenvalue weighted by Gasteiger charge is -2.40. The number of nitrogens with one attached hydrogen (secondary N) is 1. The van der Waals surface area contributed by atoms with Crippen LogP contribution in [-0.2, 0) is 28.7 Å². The fourth-order valence-electron chi connectivity index (χ4n) is 6.08. The summed E-state index contributed by atoms with van der Waals surface area (Å²) in [5, 5.41) is 13.1. The molecule has 4 heterocycles. The van der Waals surface area contributed by atoms with Crippen LogP contribution in [0.4, 0.5) is 0 Å². The lowest BCUT2D eigenvalue weighted by molar-refractivity contribution is -0.160. The lowest BCUT2D eigenvalue weighted by atomic mass is 9.74. The van der Waals surface area contributed by atoms with Crippen molar-refractivity contribution in [1.29, 1.82) is 0 Å². The molecule has 0 radical (unpaired) electrons. The van der Waals surface area contributed by atoms with E-state index in [0.717, 1.165) is 0 Å². The topological polar surface area (TPSA) is 125 Å². The Morgan fingerprint density at radius 2 is 1.87 bits per heavy atom. The van der Waals surface area contributed by atoms with Crippen molar-refractivity contribution in [2.24, 2.45) is 17.8 Å². The second-order valence-electron chi connectivity index (χ2n) is 11.2. The summed E-state index contributed by atoms with van der Waals surface area (Å²) in [5.41, 5.74) is -1.38. The first-order chi connectivity index (χ1) is 17.9. The Bertz CT molecular complexity index is 1040. The highest BCUT2D eigenvalue weighted by atomic mass is 79.9. The van der Waals surface area contributed by atoms with Crippen LogP contribution in [0.2, 0.25) is 0 Å². The molecule has 4 aliphatic rings. The molecule has 0 aromatic rings. The van der Waals surface area contributed by atoms with Gasteiger partial charge in [0.25, 0.3) is 0 Å². The van der Waals surface area contributed by atoms with E-state index in [-0.39, 0.29) is 49.9 Å². The van der Waals surface area contributed by atoms with Gasteiger partial charge in [-0.2, -0.15) is 0 Å². The number of rotatable bonds is 4. The number of hydrogen-bond acceptors (Lipinski definition) is 7. The monoisotopic (exact) mass is 595 g/mol. The number of halogens is 1. The summed E-state index contributed by atoms with van der Waals surface area (Å²) in [5.74, 6) is -3.62. The number of esters is 1. The zero-order chi connectivity index (χ0) is 27.9. The van der Waals surface area contributed by atoms with Gasteiger partial charge >= 0.3 is 5.97 Å². The largest absolute Gasteiger partial charge is 0.460 e. The van der Waals surface area contributed by atoms with Gasteiger partial charge in [0, 0.05) is 23.5 Å². The molecule has 5 bridgehead atoms. The third-order valence-electron chi connectivity index (χ3n) is 8.00. The highest BCUT2D eigenvalue weighted by Crippen LogP contribution is 2.59. The molecule has 4 rings (SSSR count). The summed E-state index contributed by atoms with van der Waals surface area (Å²) >= 11 is 3.52. The lowest BCUT2D eigenvalue weighted by Crippen LogP contribution is -2.60. The quantitative estimate of drug-likeness (QED) is 0.373. The number of aliphatic hydroxyl groups is 1. The molecule has 1 spiro atoms. The molecule has 210 valence electrons. The third kappa shape index (κ3) is 4.81. The zero-order valence-corrected chi connectivity index (χ0v) is 24.1. The maximum absolute atomic E-state index is 14.4. The van der Waals surface area contributed by atoms with E-state index < -0.39 is 53.6 Å². The fraction of sp³-hybridized carbons (Fsp3) is 0.704. The Morgan fingerprint density at radius 3 is 2.50 bits per heavy atom. The number of nitrogens with zero attached hydrogens (tertiary/aromatic N) is 2. The molecule has 2 fully saturated rings. The molecule has 3 amide bonds. The van der Waals surface area contributed by atoms with E-state index in [1.807, 2.05) is 39.8 Å². The molecule has 11 heteroatoms. The van der Waals surface area contributed by atoms with Crippen molar-refractivity contribution in [3.8, 4) is 0 Å². The number of aliphatic hydroxyl groups excluding tert-OH is 1. The van der Waals surface area contributed by atoms with Gasteiger partial charge in [-0.3, -0.25) is 19.2 Å². The number of hydrogen-bond donors (Lipinski definition) is 2. The molecule has 2 saturated heterocycles. The van der Waals surface area contributed by atoms with E-state index in [9.17, 15) is 24.3 Å². The summed E-state index contributed by atoms with van der Waals surface area (Å²) in [4.78, 5) is 57.4. The number of carbonyl (C=O) groups excluding carboxylic acids is 4. The van der Waals surface area contributed by atoms with E-state index >= 15 is 0 Å². The van der Waals surface area contributed by atoms with Crippen molar-refractivity contribution >= 4 is 39.6 Å². The van der Waals surface area contributed by atoms with Gasteiger partial charge in [-0.1, -0.05) is 41.9 Å². The molecule has 0 unspecified atom stereocenters. The number of carbonyl (C=O) groups is 4. The van der Waals surface area contributed by atoms with E-state index in [0.29, 0.717) is 10.9 Å². The van der Waals surface area contributed by atoms with E-state index in [4.69, 9.17) is 9.47 Å². The Labute approximate surface area is 231 Å². The van der Waals surface area contributed by atoms with Crippen molar-refractivity contribution in [2.45, 2.75) is 83.4 Å². The van der Waals surface area contributed by atoms with Crippen molar-refractivity contribution < 1.29 is 33.8 Å². The standard InChI is InChI=1S/C27H38BrN3O7/c1-14(2)18(13-32)31-23-25(35)30(15(3)4)10-8-6-7-9-19(33)29-12-16(5)37-26(36)20-21(24(31)34)27(23)11-17(28)22(20)38-27/h6,8,11,14-16,18,20-23,32H,7,9-10,12-13H2,1-5H3,(H,29,33)/b8-6-/t16-,18+,20+,21-,22+,23+,27-/m1/s1. The molecule has 38 heavy (non-hydrogen) atoms. The molecule has 0 aliphatic carbocycles. The predicted octanol–water partition coefficient (Wildman–Crippen LogP) is 1.51. The van der Waals surface area contributed by atoms with E-state index in [1.54, 1.807) is 17.9 Å². The van der Waals surface area contributed by atoms with Gasteiger partial charge in [0.1, 0.15) is 29.8 Å². The van der Waals surface area contributed by atoms with Gasteiger partial charge in [-0.05, 0) is 39.2 Å². The van der Waals surface area contributed by atoms with Crippen LogP contribution in [0.1, 0.15) is 47.5 Å². The first-order valence-corrected chi connectivity index (χ1v) is 14.2. The first-order valence-electron chi connectivity index (χ1n) is 13.4. The number of allylic oxidation sites excluding steroid dienone is 1.